The van der Waals surface area contributed by atoms with E-state index in [4.69, 9.17) is 5.73 Å². The Morgan fingerprint density at radius 2 is 1.58 bits per heavy atom. The smallest absolute Gasteiger partial charge is 0.242 e. The maximum absolute atomic E-state index is 12.4. The molecule has 0 saturated carbocycles. The Morgan fingerprint density at radius 3 is 2.04 bits per heavy atom. The van der Waals surface area contributed by atoms with Gasteiger partial charge in [0.15, 0.2) is 0 Å². The third kappa shape index (κ3) is 5.40. The molecule has 0 amide bonds. The molecule has 0 atom stereocenters. The third-order valence-corrected chi connectivity index (χ3v) is 7.13. The number of sulfonamides is 2. The van der Waals surface area contributed by atoms with E-state index in [1.165, 1.54) is 32.3 Å². The van der Waals surface area contributed by atoms with Gasteiger partial charge in [-0.3, -0.25) is 0 Å². The molecule has 0 unspecified atom stereocenters. The quantitative estimate of drug-likeness (QED) is 0.681. The number of hydrogen-bond acceptors (Lipinski definition) is 5. The minimum absolute atomic E-state index is 0. The van der Waals surface area contributed by atoms with E-state index in [0.29, 0.717) is 12.8 Å². The van der Waals surface area contributed by atoms with Crippen LogP contribution in [-0.2, 0) is 20.0 Å². The van der Waals surface area contributed by atoms with Crippen LogP contribution in [-0.4, -0.2) is 47.3 Å². The van der Waals surface area contributed by atoms with Crippen LogP contribution < -0.4 is 10.5 Å². The van der Waals surface area contributed by atoms with Crippen LogP contribution in [0.5, 0.6) is 0 Å². The van der Waals surface area contributed by atoms with Crippen LogP contribution in [0.4, 0.5) is 0 Å². The van der Waals surface area contributed by atoms with Crippen molar-refractivity contribution < 1.29 is 16.8 Å². The van der Waals surface area contributed by atoms with Gasteiger partial charge in [0.2, 0.25) is 20.0 Å². The largest absolute Gasteiger partial charge is 0.324 e. The van der Waals surface area contributed by atoms with Crippen LogP contribution >= 0.6 is 12.4 Å². The van der Waals surface area contributed by atoms with Crippen LogP contribution in [0.25, 0.3) is 0 Å². The first-order chi connectivity index (χ1) is 10.5. The average Bonchev–Trinajstić information content (AvgIpc) is 2.52. The van der Waals surface area contributed by atoms with Crippen molar-refractivity contribution in [2.75, 3.05) is 20.6 Å². The molecule has 24 heavy (non-hydrogen) atoms. The zero-order valence-electron chi connectivity index (χ0n) is 14.3. The summed E-state index contributed by atoms with van der Waals surface area (Å²) >= 11 is 0. The van der Waals surface area contributed by atoms with Gasteiger partial charge in [-0.1, -0.05) is 19.9 Å². The highest BCUT2D eigenvalue weighted by Crippen LogP contribution is 2.19. The summed E-state index contributed by atoms with van der Waals surface area (Å²) in [7, 11) is -4.75. The first-order valence-electron chi connectivity index (χ1n) is 7.29. The maximum atomic E-state index is 12.4. The molecule has 0 aliphatic rings. The SMILES string of the molecule is CCC(N)(CC)CNS(=O)(=O)c1cccc(S(=O)(=O)N(C)C)c1.Cl. The number of nitrogens with one attached hydrogen (secondary N) is 1. The van der Waals surface area contributed by atoms with Crippen molar-refractivity contribution in [2.24, 2.45) is 5.73 Å². The van der Waals surface area contributed by atoms with Crippen LogP contribution in [0.15, 0.2) is 34.1 Å². The number of hydrogen-bond donors (Lipinski definition) is 2. The van der Waals surface area contributed by atoms with Gasteiger partial charge in [-0.2, -0.15) is 0 Å². The van der Waals surface area contributed by atoms with Gasteiger partial charge in [-0.05, 0) is 31.0 Å². The summed E-state index contributed by atoms with van der Waals surface area (Å²) in [5, 5.41) is 0. The molecule has 7 nitrogen and oxygen atoms in total. The lowest BCUT2D eigenvalue weighted by Crippen LogP contribution is -2.49. The molecular weight excluding hydrogens is 374 g/mol. The number of halogens is 1. The van der Waals surface area contributed by atoms with Gasteiger partial charge in [0.05, 0.1) is 9.79 Å². The third-order valence-electron chi connectivity index (χ3n) is 3.92. The molecule has 0 radical (unpaired) electrons. The lowest BCUT2D eigenvalue weighted by atomic mass is 9.95. The highest BCUT2D eigenvalue weighted by Gasteiger charge is 2.25. The molecule has 1 aromatic rings. The maximum Gasteiger partial charge on any atom is 0.242 e. The molecule has 0 saturated heterocycles. The van der Waals surface area contributed by atoms with E-state index < -0.39 is 25.6 Å². The van der Waals surface area contributed by atoms with Crippen molar-refractivity contribution >= 4 is 32.5 Å². The van der Waals surface area contributed by atoms with E-state index in [0.717, 1.165) is 10.4 Å². The Kier molecular flexibility index (Phi) is 8.34. The summed E-state index contributed by atoms with van der Waals surface area (Å²) in [5.74, 6) is 0. The zero-order valence-corrected chi connectivity index (χ0v) is 16.8. The molecular formula is C14H26ClN3O4S2. The van der Waals surface area contributed by atoms with Crippen molar-refractivity contribution in [2.45, 2.75) is 42.0 Å². The second-order valence-electron chi connectivity index (χ2n) is 5.66. The molecule has 140 valence electrons. The number of benzene rings is 1. The molecule has 1 rings (SSSR count). The Bertz CT molecular complexity index is 745. The van der Waals surface area contributed by atoms with Gasteiger partial charge in [0, 0.05) is 26.2 Å². The van der Waals surface area contributed by atoms with Crippen molar-refractivity contribution in [3.8, 4) is 0 Å². The second kappa shape index (κ2) is 8.59. The van der Waals surface area contributed by atoms with E-state index in [9.17, 15) is 16.8 Å². The lowest BCUT2D eigenvalue weighted by molar-refractivity contribution is 0.391. The van der Waals surface area contributed by atoms with Crippen molar-refractivity contribution in [1.29, 1.82) is 0 Å². The Balaban J connectivity index is 0.00000529. The molecule has 3 N–H and O–H groups in total. The summed E-state index contributed by atoms with van der Waals surface area (Å²) < 4.78 is 52.5. The first-order valence-corrected chi connectivity index (χ1v) is 10.2. The Morgan fingerprint density at radius 1 is 1.08 bits per heavy atom. The normalized spacial score (nSPS) is 12.9. The van der Waals surface area contributed by atoms with Crippen molar-refractivity contribution in [1.82, 2.24) is 9.03 Å². The number of nitrogens with two attached hydrogens (primary N) is 1. The Labute approximate surface area is 151 Å². The summed E-state index contributed by atoms with van der Waals surface area (Å²) in [6.45, 7) is 3.87. The van der Waals surface area contributed by atoms with Gasteiger partial charge in [0.1, 0.15) is 0 Å². The fraction of sp³-hybridized carbons (Fsp3) is 0.571. The first kappa shape index (κ1) is 23.3. The lowest BCUT2D eigenvalue weighted by Gasteiger charge is -2.26. The van der Waals surface area contributed by atoms with Crippen LogP contribution in [0.2, 0.25) is 0 Å². The van der Waals surface area contributed by atoms with Gasteiger partial charge < -0.3 is 5.73 Å². The van der Waals surface area contributed by atoms with E-state index in [2.05, 4.69) is 4.72 Å². The van der Waals surface area contributed by atoms with Gasteiger partial charge in [-0.25, -0.2) is 25.9 Å². The fourth-order valence-corrected chi connectivity index (χ4v) is 4.04. The molecule has 0 heterocycles. The number of nitrogens with zero attached hydrogens (tertiary/aromatic N) is 1. The topological polar surface area (TPSA) is 110 Å². The molecule has 1 aromatic carbocycles. The van der Waals surface area contributed by atoms with Crippen molar-refractivity contribution in [3.63, 3.8) is 0 Å². The van der Waals surface area contributed by atoms with E-state index in [1.807, 2.05) is 13.8 Å². The monoisotopic (exact) mass is 399 g/mol. The highest BCUT2D eigenvalue weighted by molar-refractivity contribution is 7.90. The average molecular weight is 400 g/mol. The minimum Gasteiger partial charge on any atom is -0.324 e. The fourth-order valence-electron chi connectivity index (χ4n) is 1.83. The summed E-state index contributed by atoms with van der Waals surface area (Å²) in [4.78, 5) is -0.176. The summed E-state index contributed by atoms with van der Waals surface area (Å²) in [6.07, 6.45) is 1.25. The van der Waals surface area contributed by atoms with Crippen LogP contribution in [0, 0.1) is 0 Å². The second-order valence-corrected chi connectivity index (χ2v) is 9.58. The standard InChI is InChI=1S/C14H25N3O4S2.ClH/c1-5-14(15,6-2)11-16-22(18,19)12-8-7-9-13(10-12)23(20,21)17(3)4;/h7-10,16H,5-6,11,15H2,1-4H3;1H. The van der Waals surface area contributed by atoms with E-state index >= 15 is 0 Å². The Hall–Kier alpha value is -0.710. The molecule has 0 spiro atoms. The van der Waals surface area contributed by atoms with Gasteiger partial charge >= 0.3 is 0 Å². The molecule has 0 aliphatic carbocycles. The van der Waals surface area contributed by atoms with Gasteiger partial charge in [-0.15, -0.1) is 12.4 Å². The van der Waals surface area contributed by atoms with Crippen LogP contribution in [0.1, 0.15) is 26.7 Å². The summed E-state index contributed by atoms with van der Waals surface area (Å²) in [5.41, 5.74) is 5.47. The predicted molar refractivity (Wildman–Crippen MR) is 97.3 cm³/mol. The molecule has 0 fully saturated rings. The minimum atomic E-state index is -3.84. The molecule has 10 heteroatoms. The van der Waals surface area contributed by atoms with E-state index in [-0.39, 0.29) is 28.7 Å². The van der Waals surface area contributed by atoms with Gasteiger partial charge in [0.25, 0.3) is 0 Å². The highest BCUT2D eigenvalue weighted by atomic mass is 35.5. The zero-order chi connectivity index (χ0) is 17.9. The molecule has 0 aliphatic heterocycles. The summed E-state index contributed by atoms with van der Waals surface area (Å²) in [6, 6.07) is 5.26. The molecule has 0 bridgehead atoms. The van der Waals surface area contributed by atoms with Crippen molar-refractivity contribution in [3.05, 3.63) is 24.3 Å². The van der Waals surface area contributed by atoms with Crippen LogP contribution in [0.3, 0.4) is 0 Å². The van der Waals surface area contributed by atoms with E-state index in [1.54, 1.807) is 0 Å². The molecule has 0 aromatic heterocycles. The number of rotatable bonds is 8. The predicted octanol–water partition coefficient (Wildman–Crippen LogP) is 1.15.